The molecule has 3 aromatic rings. The number of hydrogen-bond acceptors (Lipinski definition) is 2. The lowest BCUT2D eigenvalue weighted by atomic mass is 9.97. The number of likely N-dealkylation sites (N-methyl/N-ethyl adjacent to an activating group) is 1. The number of nitrogens with one attached hydrogen (secondary N) is 1. The molecule has 1 saturated heterocycles. The van der Waals surface area contributed by atoms with E-state index in [9.17, 15) is 0 Å². The van der Waals surface area contributed by atoms with Crippen molar-refractivity contribution < 1.29 is 0 Å². The Kier molecular flexibility index (Phi) is 4.94. The molecule has 0 unspecified atom stereocenters. The van der Waals surface area contributed by atoms with E-state index < -0.39 is 0 Å². The van der Waals surface area contributed by atoms with Crippen LogP contribution in [0.25, 0.3) is 5.69 Å². The normalized spacial score (nSPS) is 19.1. The highest BCUT2D eigenvalue weighted by Gasteiger charge is 2.40. The van der Waals surface area contributed by atoms with Crippen molar-refractivity contribution in [3.8, 4) is 5.69 Å². The van der Waals surface area contributed by atoms with Crippen molar-refractivity contribution >= 4 is 17.3 Å². The SMILES string of the molecule is CCN1C(=S)N[C@@H](c2ccccn2)[C@@H]1c1cc(C)n(-c2cccc(C)c2)c1C. The summed E-state index contributed by atoms with van der Waals surface area (Å²) in [6, 6.07) is 17.2. The number of thiocarbonyl (C=S) groups is 1. The van der Waals surface area contributed by atoms with Gasteiger partial charge >= 0.3 is 0 Å². The summed E-state index contributed by atoms with van der Waals surface area (Å²) in [7, 11) is 0. The molecule has 0 aliphatic carbocycles. The van der Waals surface area contributed by atoms with Crippen LogP contribution in [-0.4, -0.2) is 26.1 Å². The van der Waals surface area contributed by atoms with Gasteiger partial charge in [-0.15, -0.1) is 0 Å². The van der Waals surface area contributed by atoms with Gasteiger partial charge in [0.25, 0.3) is 0 Å². The van der Waals surface area contributed by atoms with Gasteiger partial charge in [-0.25, -0.2) is 0 Å². The lowest BCUT2D eigenvalue weighted by Gasteiger charge is -2.27. The van der Waals surface area contributed by atoms with Crippen molar-refractivity contribution in [2.45, 2.75) is 39.8 Å². The number of rotatable bonds is 4. The van der Waals surface area contributed by atoms with Crippen LogP contribution in [0.4, 0.5) is 0 Å². The number of pyridine rings is 1. The van der Waals surface area contributed by atoms with Gasteiger partial charge in [0, 0.05) is 29.8 Å². The number of aromatic nitrogens is 2. The zero-order chi connectivity index (χ0) is 19.8. The van der Waals surface area contributed by atoms with Crippen LogP contribution in [0, 0.1) is 20.8 Å². The first-order valence-corrected chi connectivity index (χ1v) is 10.2. The monoisotopic (exact) mass is 390 g/mol. The molecule has 0 bridgehead atoms. The Morgan fingerprint density at radius 1 is 1.07 bits per heavy atom. The van der Waals surface area contributed by atoms with Crippen LogP contribution in [0.5, 0.6) is 0 Å². The predicted molar refractivity (Wildman–Crippen MR) is 118 cm³/mol. The minimum Gasteiger partial charge on any atom is -0.352 e. The van der Waals surface area contributed by atoms with Gasteiger partial charge in [0.05, 0.1) is 17.8 Å². The molecule has 1 aliphatic heterocycles. The highest BCUT2D eigenvalue weighted by molar-refractivity contribution is 7.80. The van der Waals surface area contributed by atoms with Crippen LogP contribution >= 0.6 is 12.2 Å². The fourth-order valence-electron chi connectivity index (χ4n) is 4.34. The van der Waals surface area contributed by atoms with Crippen LogP contribution in [0.15, 0.2) is 54.7 Å². The predicted octanol–water partition coefficient (Wildman–Crippen LogP) is 4.79. The maximum atomic E-state index is 5.67. The van der Waals surface area contributed by atoms with E-state index in [2.05, 4.69) is 83.9 Å². The number of aryl methyl sites for hydroxylation is 2. The Labute approximate surface area is 172 Å². The Hall–Kier alpha value is -2.66. The molecule has 4 nitrogen and oxygen atoms in total. The molecular formula is C23H26N4S. The molecular weight excluding hydrogens is 364 g/mol. The van der Waals surface area contributed by atoms with Gasteiger partial charge in [0.15, 0.2) is 5.11 Å². The summed E-state index contributed by atoms with van der Waals surface area (Å²) < 4.78 is 2.34. The van der Waals surface area contributed by atoms with E-state index in [1.54, 1.807) is 0 Å². The van der Waals surface area contributed by atoms with E-state index in [1.165, 1.54) is 28.2 Å². The fraction of sp³-hybridized carbons (Fsp3) is 0.304. The average Bonchev–Trinajstić information content (AvgIpc) is 3.17. The van der Waals surface area contributed by atoms with Gasteiger partial charge < -0.3 is 14.8 Å². The summed E-state index contributed by atoms with van der Waals surface area (Å²) in [4.78, 5) is 6.89. The summed E-state index contributed by atoms with van der Waals surface area (Å²) in [5.74, 6) is 0. The van der Waals surface area contributed by atoms with Gasteiger partial charge in [-0.05, 0) is 81.4 Å². The fourth-order valence-corrected chi connectivity index (χ4v) is 4.71. The lowest BCUT2D eigenvalue weighted by Crippen LogP contribution is -2.29. The van der Waals surface area contributed by atoms with Crippen LogP contribution in [0.2, 0.25) is 0 Å². The summed E-state index contributed by atoms with van der Waals surface area (Å²) in [5, 5.41) is 4.31. The van der Waals surface area contributed by atoms with Gasteiger partial charge in [0.2, 0.25) is 0 Å². The Morgan fingerprint density at radius 2 is 1.89 bits per heavy atom. The van der Waals surface area contributed by atoms with Crippen LogP contribution in [0.3, 0.4) is 0 Å². The smallest absolute Gasteiger partial charge is 0.170 e. The maximum Gasteiger partial charge on any atom is 0.170 e. The molecule has 3 heterocycles. The van der Waals surface area contributed by atoms with Crippen molar-refractivity contribution in [3.05, 3.63) is 82.9 Å². The maximum absolute atomic E-state index is 5.67. The molecule has 1 N–H and O–H groups in total. The summed E-state index contributed by atoms with van der Waals surface area (Å²) in [6.07, 6.45) is 1.85. The quantitative estimate of drug-likeness (QED) is 0.650. The largest absolute Gasteiger partial charge is 0.352 e. The number of benzene rings is 1. The highest BCUT2D eigenvalue weighted by atomic mass is 32.1. The molecule has 2 atom stereocenters. The molecule has 0 amide bonds. The second-order valence-electron chi connectivity index (χ2n) is 7.41. The zero-order valence-corrected chi connectivity index (χ0v) is 17.6. The Balaban J connectivity index is 1.84. The summed E-state index contributed by atoms with van der Waals surface area (Å²) in [5.41, 5.74) is 7.25. The third-order valence-electron chi connectivity index (χ3n) is 5.59. The molecule has 144 valence electrons. The van der Waals surface area contributed by atoms with Crippen LogP contribution in [-0.2, 0) is 0 Å². The van der Waals surface area contributed by atoms with E-state index >= 15 is 0 Å². The van der Waals surface area contributed by atoms with Crippen molar-refractivity contribution in [1.29, 1.82) is 0 Å². The molecule has 4 rings (SSSR count). The molecule has 1 aliphatic rings. The van der Waals surface area contributed by atoms with E-state index in [4.69, 9.17) is 12.2 Å². The Bertz CT molecular complexity index is 1010. The second kappa shape index (κ2) is 7.40. The Morgan fingerprint density at radius 3 is 2.57 bits per heavy atom. The molecule has 1 fully saturated rings. The molecule has 0 radical (unpaired) electrons. The first-order chi connectivity index (χ1) is 13.5. The van der Waals surface area contributed by atoms with E-state index in [0.717, 1.165) is 17.4 Å². The van der Waals surface area contributed by atoms with Gasteiger partial charge in [-0.2, -0.15) is 0 Å². The topological polar surface area (TPSA) is 33.1 Å². The third-order valence-corrected chi connectivity index (χ3v) is 5.94. The van der Waals surface area contributed by atoms with E-state index in [-0.39, 0.29) is 12.1 Å². The first kappa shape index (κ1) is 18.7. The van der Waals surface area contributed by atoms with Crippen molar-refractivity contribution in [2.24, 2.45) is 0 Å². The minimum atomic E-state index is 0.0418. The zero-order valence-electron chi connectivity index (χ0n) is 16.8. The molecule has 28 heavy (non-hydrogen) atoms. The highest BCUT2D eigenvalue weighted by Crippen LogP contribution is 2.41. The minimum absolute atomic E-state index is 0.0418. The molecule has 0 saturated carbocycles. The van der Waals surface area contributed by atoms with Crippen LogP contribution in [0.1, 0.15) is 47.2 Å². The summed E-state index contributed by atoms with van der Waals surface area (Å²) in [6.45, 7) is 9.52. The third kappa shape index (κ3) is 3.10. The van der Waals surface area contributed by atoms with Gasteiger partial charge in [0.1, 0.15) is 0 Å². The standard InChI is InChI=1S/C23H26N4S/c1-5-26-22(21(25-23(26)28)20-11-6-7-12-24-20)19-14-16(3)27(17(19)4)18-10-8-9-15(2)13-18/h6-14,21-22H,5H2,1-4H3,(H,25,28)/t21-,22-/m0/s1. The van der Waals surface area contributed by atoms with E-state index in [0.29, 0.717) is 0 Å². The molecule has 5 heteroatoms. The first-order valence-electron chi connectivity index (χ1n) is 9.75. The van der Waals surface area contributed by atoms with Gasteiger partial charge in [-0.3, -0.25) is 4.98 Å². The van der Waals surface area contributed by atoms with E-state index in [1.807, 2.05) is 18.3 Å². The average molecular weight is 391 g/mol. The number of nitrogens with zero attached hydrogens (tertiary/aromatic N) is 3. The van der Waals surface area contributed by atoms with Crippen molar-refractivity contribution in [3.63, 3.8) is 0 Å². The second-order valence-corrected chi connectivity index (χ2v) is 7.80. The van der Waals surface area contributed by atoms with Crippen molar-refractivity contribution in [2.75, 3.05) is 6.54 Å². The molecule has 1 aromatic carbocycles. The lowest BCUT2D eigenvalue weighted by molar-refractivity contribution is 0.329. The summed E-state index contributed by atoms with van der Waals surface area (Å²) >= 11 is 5.67. The van der Waals surface area contributed by atoms with Crippen molar-refractivity contribution in [1.82, 2.24) is 19.8 Å². The number of hydrogen-bond donors (Lipinski definition) is 1. The van der Waals surface area contributed by atoms with Crippen LogP contribution < -0.4 is 5.32 Å². The molecule has 2 aromatic heterocycles. The van der Waals surface area contributed by atoms with Gasteiger partial charge in [-0.1, -0.05) is 18.2 Å². The molecule has 0 spiro atoms.